The van der Waals surface area contributed by atoms with E-state index in [2.05, 4.69) is 20.8 Å². The molecular weight excluding hydrogens is 410 g/mol. The van der Waals surface area contributed by atoms with E-state index in [1.54, 1.807) is 18.5 Å². The summed E-state index contributed by atoms with van der Waals surface area (Å²) in [4.78, 5) is 40.5. The molecule has 1 unspecified atom stereocenters. The molecule has 1 aliphatic carbocycles. The van der Waals surface area contributed by atoms with Crippen molar-refractivity contribution < 1.29 is 19.2 Å². The number of hydrogen-bond donors (Lipinski definition) is 2. The van der Waals surface area contributed by atoms with Gasteiger partial charge in [0.1, 0.15) is 11.9 Å². The van der Waals surface area contributed by atoms with Crippen LogP contribution in [0.15, 0.2) is 18.5 Å². The lowest BCUT2D eigenvalue weighted by atomic mass is 9.89. The highest BCUT2D eigenvalue weighted by atomic mass is 16.8. The topological polar surface area (TPSA) is 106 Å². The van der Waals surface area contributed by atoms with Crippen LogP contribution in [0.5, 0.6) is 0 Å². The zero-order chi connectivity index (χ0) is 22.2. The molecule has 1 aromatic heterocycles. The van der Waals surface area contributed by atoms with Gasteiger partial charge in [-0.2, -0.15) is 0 Å². The van der Waals surface area contributed by atoms with Crippen molar-refractivity contribution in [2.75, 3.05) is 25.0 Å². The third-order valence-electron chi connectivity index (χ3n) is 6.33. The van der Waals surface area contributed by atoms with Crippen molar-refractivity contribution in [3.05, 3.63) is 24.2 Å². The van der Waals surface area contributed by atoms with Gasteiger partial charge in [-0.25, -0.2) is 15.3 Å². The van der Waals surface area contributed by atoms with Crippen LogP contribution in [0.2, 0.25) is 0 Å². The Hall–Kier alpha value is -2.52. The zero-order valence-electron chi connectivity index (χ0n) is 18.5. The van der Waals surface area contributed by atoms with E-state index in [1.165, 1.54) is 38.2 Å². The summed E-state index contributed by atoms with van der Waals surface area (Å²) in [5, 5.41) is 3.20. The Bertz CT molecular complexity index is 788. The summed E-state index contributed by atoms with van der Waals surface area (Å²) in [6, 6.07) is -0.251. The Morgan fingerprint density at radius 3 is 2.72 bits per heavy atom. The highest BCUT2D eigenvalue weighted by Gasteiger charge is 2.33. The number of anilines is 1. The lowest BCUT2D eigenvalue weighted by Crippen LogP contribution is -2.37. The largest absolute Gasteiger partial charge is 0.357 e. The molecule has 2 N–H and O–H groups in total. The van der Waals surface area contributed by atoms with Crippen molar-refractivity contribution in [3.8, 4) is 0 Å². The molecule has 32 heavy (non-hydrogen) atoms. The van der Waals surface area contributed by atoms with Gasteiger partial charge >= 0.3 is 0 Å². The van der Waals surface area contributed by atoms with E-state index < -0.39 is 5.91 Å². The van der Waals surface area contributed by atoms with Gasteiger partial charge in [-0.1, -0.05) is 19.3 Å². The first-order valence-electron chi connectivity index (χ1n) is 11.8. The summed E-state index contributed by atoms with van der Waals surface area (Å²) in [6.07, 6.45) is 15.6. The van der Waals surface area contributed by atoms with E-state index in [0.717, 1.165) is 38.8 Å². The van der Waals surface area contributed by atoms with Gasteiger partial charge in [0.25, 0.3) is 5.91 Å². The molecule has 1 saturated carbocycles. The molecule has 2 atom stereocenters. The maximum atomic E-state index is 12.7. The first-order chi connectivity index (χ1) is 15.7. The second-order valence-corrected chi connectivity index (χ2v) is 8.81. The summed E-state index contributed by atoms with van der Waals surface area (Å²) in [5.74, 6) is 0.968. The van der Waals surface area contributed by atoms with Crippen molar-refractivity contribution in [1.82, 2.24) is 20.3 Å². The number of aromatic nitrogens is 2. The van der Waals surface area contributed by atoms with Gasteiger partial charge in [-0.15, -0.1) is 0 Å². The minimum Gasteiger partial charge on any atom is -0.357 e. The number of carbonyl (C=O) groups excluding carboxylic acids is 2. The number of likely N-dealkylation sites (tertiary alicyclic amines) is 1. The van der Waals surface area contributed by atoms with Gasteiger partial charge in [0.05, 0.1) is 18.1 Å². The number of hydrogen-bond acceptors (Lipinski definition) is 7. The second-order valence-electron chi connectivity index (χ2n) is 8.81. The van der Waals surface area contributed by atoms with Gasteiger partial charge in [-0.3, -0.25) is 14.6 Å². The number of rotatable bonds is 8. The lowest BCUT2D eigenvalue weighted by molar-refractivity contribution is -0.198. The zero-order valence-corrected chi connectivity index (χ0v) is 18.5. The number of ether oxygens (including phenoxy) is 1. The molecule has 174 valence electrons. The van der Waals surface area contributed by atoms with Crippen LogP contribution in [0, 0.1) is 5.92 Å². The maximum absolute atomic E-state index is 12.7. The number of amides is 2. The molecule has 3 fully saturated rings. The van der Waals surface area contributed by atoms with Crippen molar-refractivity contribution in [2.24, 2.45) is 5.92 Å². The molecule has 2 saturated heterocycles. The maximum Gasteiger partial charge on any atom is 0.267 e. The summed E-state index contributed by atoms with van der Waals surface area (Å²) < 4.78 is 5.39. The van der Waals surface area contributed by atoms with Crippen LogP contribution in [-0.2, 0) is 19.2 Å². The van der Waals surface area contributed by atoms with E-state index in [4.69, 9.17) is 9.57 Å². The molecule has 3 heterocycles. The number of carbonyl (C=O) groups is 2. The number of nitrogens with zero attached hydrogens (tertiary/aromatic N) is 3. The van der Waals surface area contributed by atoms with Crippen LogP contribution in [-0.4, -0.2) is 58.7 Å². The molecule has 0 spiro atoms. The fraction of sp³-hybridized carbons (Fsp3) is 0.652. The third-order valence-corrected chi connectivity index (χ3v) is 6.33. The Balaban J connectivity index is 1.20. The van der Waals surface area contributed by atoms with Gasteiger partial charge in [0.2, 0.25) is 5.91 Å². The molecular formula is C23H33N5O4. The molecule has 0 radical (unpaired) electrons. The standard InChI is InChI=1S/C23H33N5O4/c29-21(27-32-22-8-4-5-13-31-22)10-9-18-14-25-20(15-24-18)26-19-11-12-28(23(19)30)16-17-6-2-1-3-7-17/h9-10,14-15,17,19,22H,1-8,11-13,16H2,(H,25,26)(H,27,29)/b10-9+/t19-,22?/m1/s1. The van der Waals surface area contributed by atoms with Crippen molar-refractivity contribution in [1.29, 1.82) is 0 Å². The van der Waals surface area contributed by atoms with Crippen LogP contribution in [0.3, 0.4) is 0 Å². The minimum atomic E-state index is -0.391. The summed E-state index contributed by atoms with van der Waals surface area (Å²) in [7, 11) is 0. The number of hydroxylamine groups is 1. The smallest absolute Gasteiger partial charge is 0.267 e. The van der Waals surface area contributed by atoms with Gasteiger partial charge in [-0.05, 0) is 44.1 Å². The Morgan fingerprint density at radius 1 is 1.12 bits per heavy atom. The van der Waals surface area contributed by atoms with Crippen molar-refractivity contribution in [3.63, 3.8) is 0 Å². The molecule has 0 aromatic carbocycles. The van der Waals surface area contributed by atoms with Gasteiger partial charge < -0.3 is 15.0 Å². The minimum absolute atomic E-state index is 0.153. The molecule has 9 nitrogen and oxygen atoms in total. The lowest BCUT2D eigenvalue weighted by Gasteiger charge is -2.27. The highest BCUT2D eigenvalue weighted by Crippen LogP contribution is 2.26. The van der Waals surface area contributed by atoms with Crippen molar-refractivity contribution >= 4 is 23.7 Å². The Morgan fingerprint density at radius 2 is 1.97 bits per heavy atom. The van der Waals surface area contributed by atoms with Gasteiger partial charge in [0.15, 0.2) is 6.29 Å². The fourth-order valence-corrected chi connectivity index (χ4v) is 4.54. The summed E-state index contributed by atoms with van der Waals surface area (Å²) in [6.45, 7) is 2.33. The predicted molar refractivity (Wildman–Crippen MR) is 119 cm³/mol. The molecule has 1 aromatic rings. The SMILES string of the molecule is O=C(/C=C/c1cnc(N[C@@H]2CCN(CC3CCCCC3)C2=O)cn1)NOC1CCCCO1. The van der Waals surface area contributed by atoms with E-state index >= 15 is 0 Å². The fourth-order valence-electron chi connectivity index (χ4n) is 4.54. The van der Waals surface area contributed by atoms with E-state index in [9.17, 15) is 9.59 Å². The third kappa shape index (κ3) is 6.49. The molecule has 3 aliphatic rings. The van der Waals surface area contributed by atoms with E-state index in [-0.39, 0.29) is 18.2 Å². The monoisotopic (exact) mass is 443 g/mol. The van der Waals surface area contributed by atoms with Crippen LogP contribution in [0.1, 0.15) is 63.5 Å². The summed E-state index contributed by atoms with van der Waals surface area (Å²) >= 11 is 0. The van der Waals surface area contributed by atoms with E-state index in [0.29, 0.717) is 24.0 Å². The van der Waals surface area contributed by atoms with Crippen LogP contribution >= 0.6 is 0 Å². The van der Waals surface area contributed by atoms with Crippen LogP contribution in [0.4, 0.5) is 5.82 Å². The average Bonchev–Trinajstić information content (AvgIpc) is 3.17. The molecule has 2 amide bonds. The molecule has 2 aliphatic heterocycles. The predicted octanol–water partition coefficient (Wildman–Crippen LogP) is 2.66. The highest BCUT2D eigenvalue weighted by molar-refractivity contribution is 5.90. The normalized spacial score (nSPS) is 24.8. The molecule has 4 rings (SSSR count). The quantitative estimate of drug-likeness (QED) is 0.470. The van der Waals surface area contributed by atoms with Gasteiger partial charge in [0, 0.05) is 32.2 Å². The van der Waals surface area contributed by atoms with Crippen LogP contribution in [0.25, 0.3) is 6.08 Å². The van der Waals surface area contributed by atoms with Crippen LogP contribution < -0.4 is 10.8 Å². The Kier molecular flexibility index (Phi) is 8.06. The average molecular weight is 444 g/mol. The van der Waals surface area contributed by atoms with E-state index in [1.807, 2.05) is 4.90 Å². The summed E-state index contributed by atoms with van der Waals surface area (Å²) in [5.41, 5.74) is 2.91. The molecule has 0 bridgehead atoms. The number of nitrogens with one attached hydrogen (secondary N) is 2. The second kappa shape index (κ2) is 11.4. The first-order valence-corrected chi connectivity index (χ1v) is 11.8. The van der Waals surface area contributed by atoms with Crippen molar-refractivity contribution in [2.45, 2.75) is 70.1 Å². The molecule has 9 heteroatoms. The Labute approximate surface area is 188 Å². The first kappa shape index (κ1) is 22.7.